The summed E-state index contributed by atoms with van der Waals surface area (Å²) in [5.74, 6) is -0.855. The molecule has 1 rings (SSSR count). The SMILES string of the molecule is CC1(C)CC1CNC(=O)NCC(O)C(=O)O. The summed E-state index contributed by atoms with van der Waals surface area (Å²) in [6, 6.07) is -0.442. The monoisotopic (exact) mass is 230 g/mol. The zero-order valence-corrected chi connectivity index (χ0v) is 9.49. The lowest BCUT2D eigenvalue weighted by molar-refractivity contribution is -0.146. The van der Waals surface area contributed by atoms with Gasteiger partial charge >= 0.3 is 12.0 Å². The quantitative estimate of drug-likeness (QED) is 0.524. The third-order valence-corrected chi connectivity index (χ3v) is 2.97. The Balaban J connectivity index is 2.10. The standard InChI is InChI=1S/C10H18N2O4/c1-10(2)3-6(10)4-11-9(16)12-5-7(13)8(14)15/h6-7,13H,3-5H2,1-2H3,(H,14,15)(H2,11,12,16). The first-order valence-corrected chi connectivity index (χ1v) is 5.25. The van der Waals surface area contributed by atoms with E-state index in [0.29, 0.717) is 17.9 Å². The lowest BCUT2D eigenvalue weighted by Crippen LogP contribution is -2.42. The van der Waals surface area contributed by atoms with E-state index in [1.165, 1.54) is 0 Å². The number of rotatable bonds is 5. The number of carbonyl (C=O) groups is 2. The molecule has 0 saturated heterocycles. The van der Waals surface area contributed by atoms with E-state index in [1.54, 1.807) is 0 Å². The Morgan fingerprint density at radius 3 is 2.44 bits per heavy atom. The van der Waals surface area contributed by atoms with Gasteiger partial charge in [0.05, 0.1) is 6.54 Å². The van der Waals surface area contributed by atoms with Crippen LogP contribution in [0.15, 0.2) is 0 Å². The number of hydrogen-bond donors (Lipinski definition) is 4. The molecule has 0 spiro atoms. The molecule has 0 aromatic heterocycles. The molecule has 1 saturated carbocycles. The molecule has 0 aromatic rings. The van der Waals surface area contributed by atoms with E-state index in [9.17, 15) is 9.59 Å². The number of carbonyl (C=O) groups excluding carboxylic acids is 1. The summed E-state index contributed by atoms with van der Waals surface area (Å²) in [4.78, 5) is 21.4. The number of hydrogen-bond acceptors (Lipinski definition) is 3. The molecule has 1 aliphatic rings. The Kier molecular flexibility index (Phi) is 3.74. The van der Waals surface area contributed by atoms with E-state index in [1.807, 2.05) is 0 Å². The minimum Gasteiger partial charge on any atom is -0.479 e. The van der Waals surface area contributed by atoms with Crippen molar-refractivity contribution in [1.29, 1.82) is 0 Å². The van der Waals surface area contributed by atoms with Crippen molar-refractivity contribution in [2.45, 2.75) is 26.4 Å². The van der Waals surface area contributed by atoms with Gasteiger partial charge in [-0.1, -0.05) is 13.8 Å². The van der Waals surface area contributed by atoms with Crippen LogP contribution in [0, 0.1) is 11.3 Å². The number of amides is 2. The molecule has 6 heteroatoms. The van der Waals surface area contributed by atoms with Gasteiger partial charge < -0.3 is 20.8 Å². The third-order valence-electron chi connectivity index (χ3n) is 2.97. The average molecular weight is 230 g/mol. The maximum atomic E-state index is 11.2. The first kappa shape index (κ1) is 12.8. The molecule has 0 radical (unpaired) electrons. The van der Waals surface area contributed by atoms with E-state index in [0.717, 1.165) is 6.42 Å². The van der Waals surface area contributed by atoms with Crippen LogP contribution in [-0.4, -0.2) is 41.4 Å². The highest BCUT2D eigenvalue weighted by Gasteiger charge is 2.45. The van der Waals surface area contributed by atoms with Crippen LogP contribution in [0.2, 0.25) is 0 Å². The maximum absolute atomic E-state index is 11.2. The summed E-state index contributed by atoms with van der Waals surface area (Å²) < 4.78 is 0. The Morgan fingerprint density at radius 1 is 1.44 bits per heavy atom. The molecule has 92 valence electrons. The van der Waals surface area contributed by atoms with Crippen LogP contribution in [-0.2, 0) is 4.79 Å². The van der Waals surface area contributed by atoms with E-state index in [2.05, 4.69) is 24.5 Å². The van der Waals surface area contributed by atoms with Crippen molar-refractivity contribution in [1.82, 2.24) is 10.6 Å². The minimum atomic E-state index is -1.55. The maximum Gasteiger partial charge on any atom is 0.334 e. The highest BCUT2D eigenvalue weighted by Crippen LogP contribution is 2.50. The van der Waals surface area contributed by atoms with Gasteiger partial charge in [-0.05, 0) is 17.8 Å². The molecule has 1 fully saturated rings. The molecule has 4 N–H and O–H groups in total. The first-order valence-electron chi connectivity index (χ1n) is 5.25. The van der Waals surface area contributed by atoms with Crippen LogP contribution in [0.25, 0.3) is 0 Å². The number of aliphatic hydroxyl groups is 1. The second kappa shape index (κ2) is 4.69. The van der Waals surface area contributed by atoms with Gasteiger partial charge in [0.2, 0.25) is 0 Å². The van der Waals surface area contributed by atoms with Crippen molar-refractivity contribution in [2.24, 2.45) is 11.3 Å². The van der Waals surface area contributed by atoms with Crippen molar-refractivity contribution in [2.75, 3.05) is 13.1 Å². The normalized spacial score (nSPS) is 23.3. The summed E-state index contributed by atoms with van der Waals surface area (Å²) >= 11 is 0. The van der Waals surface area contributed by atoms with Gasteiger partial charge in [-0.25, -0.2) is 9.59 Å². The second-order valence-corrected chi connectivity index (χ2v) is 4.83. The molecule has 2 amide bonds. The molecule has 1 aliphatic carbocycles. The van der Waals surface area contributed by atoms with E-state index in [4.69, 9.17) is 10.2 Å². The molecule has 0 aliphatic heterocycles. The predicted molar refractivity (Wildman–Crippen MR) is 56.9 cm³/mol. The molecule has 6 nitrogen and oxygen atoms in total. The van der Waals surface area contributed by atoms with Crippen molar-refractivity contribution < 1.29 is 19.8 Å². The number of urea groups is 1. The van der Waals surface area contributed by atoms with Crippen LogP contribution in [0.5, 0.6) is 0 Å². The van der Waals surface area contributed by atoms with E-state index in [-0.39, 0.29) is 6.54 Å². The van der Waals surface area contributed by atoms with Crippen LogP contribution in [0.4, 0.5) is 4.79 Å². The Bertz CT molecular complexity index is 291. The predicted octanol–water partition coefficient (Wildman–Crippen LogP) is -0.223. The number of aliphatic carboxylic acids is 1. The topological polar surface area (TPSA) is 98.7 Å². The molecule has 16 heavy (non-hydrogen) atoms. The summed E-state index contributed by atoms with van der Waals surface area (Å²) in [6.07, 6.45) is -0.464. The highest BCUT2D eigenvalue weighted by molar-refractivity contribution is 5.76. The highest BCUT2D eigenvalue weighted by atomic mass is 16.4. The molecular weight excluding hydrogens is 212 g/mol. The van der Waals surface area contributed by atoms with Gasteiger partial charge in [0, 0.05) is 6.54 Å². The zero-order chi connectivity index (χ0) is 12.3. The molecule has 0 aromatic carbocycles. The van der Waals surface area contributed by atoms with Crippen molar-refractivity contribution in [3.8, 4) is 0 Å². The fraction of sp³-hybridized carbons (Fsp3) is 0.800. The van der Waals surface area contributed by atoms with Gasteiger partial charge in [-0.15, -0.1) is 0 Å². The van der Waals surface area contributed by atoms with E-state index < -0.39 is 18.1 Å². The van der Waals surface area contributed by atoms with Crippen molar-refractivity contribution in [3.05, 3.63) is 0 Å². The third kappa shape index (κ3) is 3.69. The van der Waals surface area contributed by atoms with Crippen LogP contribution in [0.3, 0.4) is 0 Å². The van der Waals surface area contributed by atoms with E-state index >= 15 is 0 Å². The van der Waals surface area contributed by atoms with Gasteiger partial charge in [-0.2, -0.15) is 0 Å². The fourth-order valence-corrected chi connectivity index (χ4v) is 1.48. The van der Waals surface area contributed by atoms with Gasteiger partial charge in [0.25, 0.3) is 0 Å². The lowest BCUT2D eigenvalue weighted by Gasteiger charge is -2.09. The van der Waals surface area contributed by atoms with Crippen molar-refractivity contribution >= 4 is 12.0 Å². The number of aliphatic hydroxyl groups excluding tert-OH is 1. The average Bonchev–Trinajstić information content (AvgIpc) is 2.79. The van der Waals surface area contributed by atoms with Crippen molar-refractivity contribution in [3.63, 3.8) is 0 Å². The smallest absolute Gasteiger partial charge is 0.334 e. The summed E-state index contributed by atoms with van der Waals surface area (Å²) in [7, 11) is 0. The summed E-state index contributed by atoms with van der Waals surface area (Å²) in [5, 5.41) is 22.2. The summed E-state index contributed by atoms with van der Waals surface area (Å²) in [5.41, 5.74) is 0.299. The Labute approximate surface area is 94.0 Å². The molecule has 2 atom stereocenters. The second-order valence-electron chi connectivity index (χ2n) is 4.83. The number of nitrogens with one attached hydrogen (secondary N) is 2. The van der Waals surface area contributed by atoms with Crippen LogP contribution >= 0.6 is 0 Å². The molecule has 2 unspecified atom stereocenters. The largest absolute Gasteiger partial charge is 0.479 e. The van der Waals surface area contributed by atoms with Crippen LogP contribution in [0.1, 0.15) is 20.3 Å². The summed E-state index contributed by atoms with van der Waals surface area (Å²) in [6.45, 7) is 4.56. The van der Waals surface area contributed by atoms with Gasteiger partial charge in [0.1, 0.15) is 0 Å². The number of carboxylic acids is 1. The molecular formula is C10H18N2O4. The lowest BCUT2D eigenvalue weighted by atomic mass is 10.1. The Morgan fingerprint density at radius 2 is 2.00 bits per heavy atom. The van der Waals surface area contributed by atoms with Crippen LogP contribution < -0.4 is 10.6 Å². The number of carboxylic acid groups (broad SMARTS) is 1. The fourth-order valence-electron chi connectivity index (χ4n) is 1.48. The Hall–Kier alpha value is -1.30. The molecule has 0 heterocycles. The van der Waals surface area contributed by atoms with Gasteiger partial charge in [-0.3, -0.25) is 0 Å². The van der Waals surface area contributed by atoms with Gasteiger partial charge in [0.15, 0.2) is 6.10 Å². The minimum absolute atomic E-state index is 0.283. The first-order chi connectivity index (χ1) is 7.33. The zero-order valence-electron chi connectivity index (χ0n) is 9.49. The molecule has 0 bridgehead atoms.